The number of aromatic nitrogens is 1. The van der Waals surface area contributed by atoms with Gasteiger partial charge in [0.25, 0.3) is 11.1 Å². The number of nitrogens with two attached hydrogens (primary N) is 2. The van der Waals surface area contributed by atoms with Gasteiger partial charge in [0, 0.05) is 0 Å². The molecule has 0 saturated carbocycles. The molecule has 11 heteroatoms. The number of nitrogens with one attached hydrogen (secondary N) is 2. The van der Waals surface area contributed by atoms with Gasteiger partial charge in [-0.1, -0.05) is 23.2 Å². The van der Waals surface area contributed by atoms with Crippen LogP contribution in [0.3, 0.4) is 0 Å². The number of aromatic amines is 1. The maximum atomic E-state index is 11.9. The van der Waals surface area contributed by atoms with Crippen LogP contribution in [0.1, 0.15) is 17.4 Å². The molecule has 0 aliphatic heterocycles. The van der Waals surface area contributed by atoms with E-state index in [1.54, 1.807) is 5.32 Å². The second kappa shape index (κ2) is 6.79. The number of imide groups is 1. The lowest BCUT2D eigenvalue weighted by Crippen LogP contribution is -2.42. The molecule has 0 fully saturated rings. The number of amides is 3. The molecule has 0 spiro atoms. The number of pyridine rings is 1. The number of primary amides is 1. The highest BCUT2D eigenvalue weighted by Gasteiger charge is 2.30. The number of carbonyl (C=O) groups excluding carboxylic acids is 3. The Morgan fingerprint density at radius 1 is 1.24 bits per heavy atom. The van der Waals surface area contributed by atoms with Crippen molar-refractivity contribution in [2.75, 3.05) is 5.73 Å². The third kappa shape index (κ3) is 4.10. The Morgan fingerprint density at radius 2 is 1.81 bits per heavy atom. The minimum Gasteiger partial charge on any atom is -0.445 e. The van der Waals surface area contributed by atoms with Crippen molar-refractivity contribution in [1.29, 1.82) is 0 Å². The fraction of sp³-hybridized carbons (Fsp3) is 0.200. The number of ether oxygens (including phenoxy) is 1. The standard InChI is InChI=1S/C10H9Cl3N4O4/c1-2(8(18)17-10(15)20)21-9(19)6-3(11)5(14)4(12)7(13)16-6/h2H,1H3,(H2,14,16)(H3,15,17,18,20)/p+1/t2-/m1/s1. The summed E-state index contributed by atoms with van der Waals surface area (Å²) in [7, 11) is 0. The quantitative estimate of drug-likeness (QED) is 0.542. The van der Waals surface area contributed by atoms with E-state index in [9.17, 15) is 14.4 Å². The zero-order valence-electron chi connectivity index (χ0n) is 10.5. The fourth-order valence-electron chi connectivity index (χ4n) is 1.21. The molecule has 0 aliphatic rings. The van der Waals surface area contributed by atoms with Crippen molar-refractivity contribution >= 4 is 58.4 Å². The van der Waals surface area contributed by atoms with Gasteiger partial charge < -0.3 is 16.2 Å². The molecule has 8 nitrogen and oxygen atoms in total. The van der Waals surface area contributed by atoms with Gasteiger partial charge >= 0.3 is 17.7 Å². The normalized spacial score (nSPS) is 11.6. The van der Waals surface area contributed by atoms with Crippen molar-refractivity contribution in [1.82, 2.24) is 5.32 Å². The molecular formula is C10H10Cl3N4O4+. The van der Waals surface area contributed by atoms with Crippen LogP contribution in [-0.2, 0) is 9.53 Å². The molecule has 1 aromatic rings. The van der Waals surface area contributed by atoms with Crippen molar-refractivity contribution in [2.45, 2.75) is 13.0 Å². The average molecular weight is 357 g/mol. The Labute approximate surface area is 133 Å². The van der Waals surface area contributed by atoms with Crippen LogP contribution in [0.25, 0.3) is 0 Å². The molecule has 1 rings (SSSR count). The first-order valence-electron chi connectivity index (χ1n) is 5.31. The molecule has 0 bridgehead atoms. The highest BCUT2D eigenvalue weighted by molar-refractivity contribution is 6.45. The zero-order valence-corrected chi connectivity index (χ0v) is 12.8. The Bertz CT molecular complexity index is 623. The van der Waals surface area contributed by atoms with Gasteiger partial charge in [-0.3, -0.25) is 10.1 Å². The molecule has 0 aliphatic carbocycles. The van der Waals surface area contributed by atoms with E-state index in [-0.39, 0.29) is 26.6 Å². The summed E-state index contributed by atoms with van der Waals surface area (Å²) < 4.78 is 4.80. The van der Waals surface area contributed by atoms with Gasteiger partial charge in [0.05, 0.1) is 5.69 Å². The number of halogens is 3. The Morgan fingerprint density at radius 3 is 2.33 bits per heavy atom. The van der Waals surface area contributed by atoms with Gasteiger partial charge in [-0.05, 0) is 18.5 Å². The van der Waals surface area contributed by atoms with Crippen LogP contribution in [0.2, 0.25) is 15.2 Å². The first-order chi connectivity index (χ1) is 9.65. The number of urea groups is 1. The van der Waals surface area contributed by atoms with Crippen molar-refractivity contribution in [3.8, 4) is 0 Å². The lowest BCUT2D eigenvalue weighted by atomic mass is 10.3. The first kappa shape index (κ1) is 17.3. The summed E-state index contributed by atoms with van der Waals surface area (Å²) in [5, 5.41) is 1.36. The monoisotopic (exact) mass is 355 g/mol. The summed E-state index contributed by atoms with van der Waals surface area (Å²) in [5.41, 5.74) is 9.92. The predicted octanol–water partition coefficient (Wildman–Crippen LogP) is 0.783. The zero-order chi connectivity index (χ0) is 16.3. The molecule has 1 atom stereocenters. The maximum Gasteiger partial charge on any atom is 0.406 e. The molecule has 21 heavy (non-hydrogen) atoms. The first-order valence-corrected chi connectivity index (χ1v) is 6.45. The van der Waals surface area contributed by atoms with Crippen molar-refractivity contribution < 1.29 is 24.1 Å². The third-order valence-corrected chi connectivity index (χ3v) is 3.39. The molecule has 0 unspecified atom stereocenters. The molecule has 3 amide bonds. The van der Waals surface area contributed by atoms with Gasteiger partial charge in [0.2, 0.25) is 0 Å². The van der Waals surface area contributed by atoms with Crippen LogP contribution in [0.4, 0.5) is 10.5 Å². The summed E-state index contributed by atoms with van der Waals surface area (Å²) in [6, 6.07) is -1.08. The molecule has 0 saturated heterocycles. The van der Waals surface area contributed by atoms with Crippen LogP contribution in [-0.4, -0.2) is 24.0 Å². The van der Waals surface area contributed by atoms with E-state index in [1.165, 1.54) is 6.92 Å². The SMILES string of the molecule is C[C@@H](OC(=O)c1[nH+]c(Cl)c(Cl)c(N)c1Cl)C(=O)NC(N)=O. The van der Waals surface area contributed by atoms with Gasteiger partial charge in [-0.2, -0.15) is 4.98 Å². The highest BCUT2D eigenvalue weighted by atomic mass is 35.5. The van der Waals surface area contributed by atoms with Crippen LogP contribution >= 0.6 is 34.8 Å². The van der Waals surface area contributed by atoms with Crippen molar-refractivity contribution in [3.05, 3.63) is 20.9 Å². The van der Waals surface area contributed by atoms with Gasteiger partial charge in [-0.15, -0.1) is 0 Å². The average Bonchev–Trinajstić information content (AvgIpc) is 2.39. The molecule has 114 valence electrons. The van der Waals surface area contributed by atoms with Crippen molar-refractivity contribution in [2.24, 2.45) is 5.73 Å². The molecule has 0 aromatic carbocycles. The lowest BCUT2D eigenvalue weighted by molar-refractivity contribution is -0.380. The highest BCUT2D eigenvalue weighted by Crippen LogP contribution is 2.32. The summed E-state index contributed by atoms with van der Waals surface area (Å²) in [5.74, 6) is -1.92. The van der Waals surface area contributed by atoms with E-state index in [0.717, 1.165) is 0 Å². The van der Waals surface area contributed by atoms with E-state index in [1.807, 2.05) is 0 Å². The Hall–Kier alpha value is -1.77. The fourth-order valence-corrected chi connectivity index (χ4v) is 1.81. The number of hydrogen-bond acceptors (Lipinski definition) is 5. The number of nitrogen functional groups attached to an aromatic ring is 1. The molecule has 1 heterocycles. The minimum atomic E-state index is -1.30. The number of hydrogen-bond donors (Lipinski definition) is 3. The predicted molar refractivity (Wildman–Crippen MR) is 75.0 cm³/mol. The van der Waals surface area contributed by atoms with E-state index >= 15 is 0 Å². The summed E-state index contributed by atoms with van der Waals surface area (Å²) >= 11 is 17.3. The number of rotatable bonds is 3. The van der Waals surface area contributed by atoms with Gasteiger partial charge in [0.15, 0.2) is 6.10 Å². The number of carbonyl (C=O) groups is 3. The molecule has 1 aromatic heterocycles. The number of anilines is 1. The lowest BCUT2D eigenvalue weighted by Gasteiger charge is -2.11. The van der Waals surface area contributed by atoms with Crippen LogP contribution in [0.5, 0.6) is 0 Å². The van der Waals surface area contributed by atoms with E-state index < -0.39 is 24.0 Å². The van der Waals surface area contributed by atoms with Gasteiger partial charge in [0.1, 0.15) is 10.0 Å². The van der Waals surface area contributed by atoms with Crippen LogP contribution in [0, 0.1) is 0 Å². The number of esters is 1. The van der Waals surface area contributed by atoms with E-state index in [2.05, 4.69) is 4.98 Å². The van der Waals surface area contributed by atoms with Crippen LogP contribution < -0.4 is 21.8 Å². The Balaban J connectivity index is 2.95. The number of H-pyrrole nitrogens is 1. The minimum absolute atomic E-state index is 0.0577. The topological polar surface area (TPSA) is 139 Å². The molecule has 0 radical (unpaired) electrons. The summed E-state index contributed by atoms with van der Waals surface area (Å²) in [6.07, 6.45) is -1.30. The summed E-state index contributed by atoms with van der Waals surface area (Å²) in [6.45, 7) is 1.23. The smallest absolute Gasteiger partial charge is 0.406 e. The maximum absolute atomic E-state index is 11.9. The largest absolute Gasteiger partial charge is 0.445 e. The summed E-state index contributed by atoms with van der Waals surface area (Å²) in [4.78, 5) is 36.2. The van der Waals surface area contributed by atoms with E-state index in [0.29, 0.717) is 0 Å². The second-order valence-electron chi connectivity index (χ2n) is 3.76. The van der Waals surface area contributed by atoms with Gasteiger partial charge in [-0.25, -0.2) is 9.59 Å². The third-order valence-electron chi connectivity index (χ3n) is 2.22. The Kier molecular flexibility index (Phi) is 5.59. The van der Waals surface area contributed by atoms with Crippen molar-refractivity contribution in [3.63, 3.8) is 0 Å². The molecule has 6 N–H and O–H groups in total. The second-order valence-corrected chi connectivity index (χ2v) is 4.89. The van der Waals surface area contributed by atoms with E-state index in [4.69, 9.17) is 51.0 Å². The molecular weight excluding hydrogens is 346 g/mol. The van der Waals surface area contributed by atoms with Crippen LogP contribution in [0.15, 0.2) is 0 Å².